The first-order chi connectivity index (χ1) is 53.7. The Morgan fingerprint density at radius 2 is 0.600 bits per heavy atom. The van der Waals surface area contributed by atoms with Gasteiger partial charge in [0.05, 0.1) is 47.8 Å². The van der Waals surface area contributed by atoms with E-state index in [-0.39, 0.29) is 11.3 Å². The molecule has 0 saturated carbocycles. The van der Waals surface area contributed by atoms with E-state index in [9.17, 15) is 31.8 Å². The maximum Gasteiger partial charge on any atom is 0.534 e. The number of nitrogens with zero attached hydrogens (tertiary/aromatic N) is 5. The van der Waals surface area contributed by atoms with Crippen LogP contribution in [0.15, 0.2) is 370 Å². The van der Waals surface area contributed by atoms with Crippen molar-refractivity contribution in [1.82, 2.24) is 13.7 Å². The Morgan fingerprint density at radius 3 is 0.964 bits per heavy atom. The lowest BCUT2D eigenvalue weighted by atomic mass is 10.1. The number of hydrogen-bond donors (Lipinski definition) is 2. The Balaban J connectivity index is 0.000000134. The van der Waals surface area contributed by atoms with Gasteiger partial charge in [0, 0.05) is 113 Å². The number of halogens is 4. The molecule has 0 aliphatic rings. The number of aromatic nitrogens is 3. The molecule has 18 rings (SSSR count). The summed E-state index contributed by atoms with van der Waals surface area (Å²) in [7, 11) is -5.98. The molecular formula is C95H63F3IN5O5S. The second-order valence-electron chi connectivity index (χ2n) is 25.7. The lowest BCUT2D eigenvalue weighted by Gasteiger charge is -2.25. The van der Waals surface area contributed by atoms with Crippen LogP contribution in [0, 0.1) is 27.3 Å². The first-order valence-corrected chi connectivity index (χ1v) is 37.7. The van der Waals surface area contributed by atoms with E-state index in [1.807, 2.05) is 259 Å². The van der Waals surface area contributed by atoms with Crippen LogP contribution in [0.4, 0.5) is 47.3 Å². The van der Waals surface area contributed by atoms with Crippen molar-refractivity contribution in [3.05, 3.63) is 396 Å². The molecule has 3 heterocycles. The van der Waals surface area contributed by atoms with Crippen LogP contribution in [-0.4, -0.2) is 37.8 Å². The van der Waals surface area contributed by atoms with Gasteiger partial charge in [-0.05, 0) is 192 Å². The molecule has 0 amide bonds. The van der Waals surface area contributed by atoms with E-state index in [0.29, 0.717) is 27.8 Å². The zero-order valence-corrected chi connectivity index (χ0v) is 61.5. The summed E-state index contributed by atoms with van der Waals surface area (Å²) in [4.78, 5) is 4.31. The molecule has 0 fully saturated rings. The summed E-state index contributed by atoms with van der Waals surface area (Å²) in [5.74, 6) is 12.3. The predicted octanol–water partition coefficient (Wildman–Crippen LogP) is 24.3. The molecule has 0 saturated heterocycles. The van der Waals surface area contributed by atoms with Gasteiger partial charge in [-0.3, -0.25) is 0 Å². The van der Waals surface area contributed by atoms with E-state index in [1.165, 1.54) is 11.5 Å². The van der Waals surface area contributed by atoms with E-state index >= 15 is 0 Å². The van der Waals surface area contributed by atoms with E-state index in [4.69, 9.17) is 4.18 Å². The highest BCUT2D eigenvalue weighted by molar-refractivity contribution is 14.1. The van der Waals surface area contributed by atoms with Crippen LogP contribution >= 0.6 is 22.6 Å². The Bertz CT molecular complexity index is 6570. The number of anilines is 6. The first kappa shape index (κ1) is 70.6. The van der Waals surface area contributed by atoms with E-state index < -0.39 is 21.4 Å². The van der Waals surface area contributed by atoms with Crippen molar-refractivity contribution in [2.24, 2.45) is 0 Å². The number of para-hydroxylation sites is 10. The van der Waals surface area contributed by atoms with Crippen LogP contribution in [0.2, 0.25) is 0 Å². The van der Waals surface area contributed by atoms with Gasteiger partial charge in [-0.25, -0.2) is 0 Å². The number of alkyl halides is 3. The Labute approximate surface area is 646 Å². The van der Waals surface area contributed by atoms with Gasteiger partial charge < -0.3 is 37.9 Å². The average Bonchev–Trinajstić information content (AvgIpc) is 1.60. The van der Waals surface area contributed by atoms with E-state index in [0.717, 1.165) is 109 Å². The normalized spacial score (nSPS) is 11.3. The van der Waals surface area contributed by atoms with Crippen molar-refractivity contribution < 1.29 is 36.0 Å². The standard InChI is InChI=1S/C39H25F3N2O3S.C38H26N2O.C18H12INO/c40-39(41,42)48(45,46)47-38-27-37-35(34-18-10-11-19-36(34)44(37)32-16-8-3-9-17-32)26-29(38)23-20-28-21-24-33(25-22-28)43(30-12-4-1-5-13-30)31-14-6-2-7-15-31;41-38-27-37-35(34-18-10-11-19-36(34)40(37)32-16-8-3-9-17-32)26-29(38)23-20-28-21-24-33(25-22-28)39(30-12-4-1-5-13-30)31-14-6-2-7-15-31;19-15-10-14-13-8-4-5-9-16(13)20(17(14)11-18(15)21)12-6-2-1-3-7-12/h1-19,21-22,24-27H;1-19,21-22,24-27,41H;1-11,21H. The number of phenols is 2. The SMILES string of the molecule is O=S(=O)(Oc1cc2c(cc1C#Cc1ccc(N(c3ccccc3)c3ccccc3)cc1)c1ccccc1n2-c1ccccc1)C(F)(F)F.Oc1cc2c(cc1C#Cc1ccc(N(c3ccccc3)c3ccccc3)cc1)c1ccccc1n2-c1ccccc1.Oc1cc2c(cc1I)c1ccccc1n2-c1ccccc1. The largest absolute Gasteiger partial charge is 0.534 e. The smallest absolute Gasteiger partial charge is 0.507 e. The third-order valence-corrected chi connectivity index (χ3v) is 20.7. The van der Waals surface area contributed by atoms with Crippen molar-refractivity contribution in [3.63, 3.8) is 0 Å². The maximum atomic E-state index is 13.5. The Morgan fingerprint density at radius 1 is 0.309 bits per heavy atom. The minimum atomic E-state index is -5.98. The van der Waals surface area contributed by atoms with E-state index in [2.05, 4.69) is 156 Å². The first-order valence-electron chi connectivity index (χ1n) is 35.2. The number of aromatic hydroxyl groups is 2. The second kappa shape index (κ2) is 30.6. The molecule has 0 radical (unpaired) electrons. The van der Waals surface area contributed by atoms with Crippen LogP contribution < -0.4 is 14.0 Å². The molecule has 0 atom stereocenters. The molecule has 532 valence electrons. The van der Waals surface area contributed by atoms with Crippen LogP contribution in [0.5, 0.6) is 17.2 Å². The third kappa shape index (κ3) is 14.3. The number of fused-ring (bicyclic) bond motifs is 9. The zero-order valence-electron chi connectivity index (χ0n) is 58.5. The summed E-state index contributed by atoms with van der Waals surface area (Å²) in [6.45, 7) is 0. The van der Waals surface area contributed by atoms with Crippen LogP contribution in [0.1, 0.15) is 22.3 Å². The summed E-state index contributed by atoms with van der Waals surface area (Å²) >= 11 is 2.17. The lowest BCUT2D eigenvalue weighted by Crippen LogP contribution is -2.28. The van der Waals surface area contributed by atoms with Crippen molar-refractivity contribution in [2.75, 3.05) is 9.80 Å². The molecule has 15 aromatic carbocycles. The molecule has 2 N–H and O–H groups in total. The van der Waals surface area contributed by atoms with Crippen LogP contribution in [0.25, 0.3) is 82.5 Å². The van der Waals surface area contributed by atoms with Gasteiger partial charge in [0.1, 0.15) is 11.5 Å². The van der Waals surface area contributed by atoms with Gasteiger partial charge in [-0.15, -0.1) is 0 Å². The van der Waals surface area contributed by atoms with Gasteiger partial charge in [-0.1, -0.05) is 206 Å². The monoisotopic (exact) mass is 1570 g/mol. The summed E-state index contributed by atoms with van der Waals surface area (Å²) < 4.78 is 76.9. The average molecular weight is 1570 g/mol. The number of benzene rings is 15. The van der Waals surface area contributed by atoms with Gasteiger partial charge in [0.2, 0.25) is 0 Å². The zero-order chi connectivity index (χ0) is 75.3. The van der Waals surface area contributed by atoms with E-state index in [1.54, 1.807) is 18.2 Å². The fourth-order valence-electron chi connectivity index (χ4n) is 13.8. The minimum absolute atomic E-state index is 0.00874. The molecule has 110 heavy (non-hydrogen) atoms. The topological polar surface area (TPSA) is 105 Å². The summed E-state index contributed by atoms with van der Waals surface area (Å²) in [6, 6.07) is 120. The summed E-state index contributed by atoms with van der Waals surface area (Å²) in [6.07, 6.45) is 0. The Hall–Kier alpha value is -13.7. The summed E-state index contributed by atoms with van der Waals surface area (Å²) in [5, 5.41) is 27.2. The quantitative estimate of drug-likeness (QED) is 0.0575. The van der Waals surface area contributed by atoms with Crippen LogP contribution in [-0.2, 0) is 10.1 Å². The molecule has 15 heteroatoms. The summed E-state index contributed by atoms with van der Waals surface area (Å²) in [5.41, 5.74) is 10.8. The number of rotatable bonds is 11. The molecule has 0 spiro atoms. The second-order valence-corrected chi connectivity index (χ2v) is 28.4. The lowest BCUT2D eigenvalue weighted by molar-refractivity contribution is -0.0500. The fourth-order valence-corrected chi connectivity index (χ4v) is 14.8. The highest BCUT2D eigenvalue weighted by Crippen LogP contribution is 2.42. The van der Waals surface area contributed by atoms with Gasteiger partial charge >= 0.3 is 15.6 Å². The fraction of sp³-hybridized carbons (Fsp3) is 0.0105. The van der Waals surface area contributed by atoms with Crippen molar-refractivity contribution in [1.29, 1.82) is 0 Å². The third-order valence-electron chi connectivity index (χ3n) is 18.8. The molecule has 0 unspecified atom stereocenters. The molecule has 18 aromatic rings. The highest BCUT2D eigenvalue weighted by atomic mass is 127. The van der Waals surface area contributed by atoms with Crippen molar-refractivity contribution in [3.8, 4) is 58.0 Å². The molecule has 0 aliphatic heterocycles. The van der Waals surface area contributed by atoms with Gasteiger partial charge in [0.25, 0.3) is 0 Å². The maximum absolute atomic E-state index is 13.5. The number of phenolic OH excluding ortho intramolecular Hbond substituents is 2. The Kier molecular flexibility index (Phi) is 19.7. The predicted molar refractivity (Wildman–Crippen MR) is 448 cm³/mol. The molecule has 0 bridgehead atoms. The molecule has 3 aromatic heterocycles. The van der Waals surface area contributed by atoms with Crippen molar-refractivity contribution >= 4 is 132 Å². The van der Waals surface area contributed by atoms with Gasteiger partial charge in [-0.2, -0.15) is 21.6 Å². The minimum Gasteiger partial charge on any atom is -0.507 e. The molecule has 10 nitrogen and oxygen atoms in total. The highest BCUT2D eigenvalue weighted by Gasteiger charge is 2.49. The van der Waals surface area contributed by atoms with Crippen molar-refractivity contribution in [2.45, 2.75) is 5.51 Å². The number of hydrogen-bond acceptors (Lipinski definition) is 7. The molecular weight excluding hydrogens is 1510 g/mol. The molecule has 0 aliphatic carbocycles. The van der Waals surface area contributed by atoms with Gasteiger partial charge in [0.15, 0.2) is 5.75 Å². The van der Waals surface area contributed by atoms with Crippen LogP contribution in [0.3, 0.4) is 0 Å².